The summed E-state index contributed by atoms with van der Waals surface area (Å²) in [4.78, 5) is 19.4. The molecule has 1 spiro atoms. The second-order valence-electron chi connectivity index (χ2n) is 8.66. The minimum absolute atomic E-state index is 0.109. The number of likely N-dealkylation sites (N-methyl/N-ethyl adjacent to an activating group) is 1. The van der Waals surface area contributed by atoms with Crippen LogP contribution in [0.3, 0.4) is 0 Å². The van der Waals surface area contributed by atoms with Crippen LogP contribution >= 0.6 is 0 Å². The van der Waals surface area contributed by atoms with Crippen LogP contribution in [0.5, 0.6) is 0 Å². The molecule has 1 saturated carbocycles. The maximum atomic E-state index is 11.6. The number of carbonyl (C=O) groups is 1. The maximum Gasteiger partial charge on any atom is 0.222 e. The van der Waals surface area contributed by atoms with Gasteiger partial charge in [0.2, 0.25) is 5.91 Å². The zero-order valence-corrected chi connectivity index (χ0v) is 15.9. The van der Waals surface area contributed by atoms with Crippen LogP contribution in [-0.4, -0.2) is 86.1 Å². The lowest BCUT2D eigenvalue weighted by molar-refractivity contribution is -0.126. The first kappa shape index (κ1) is 18.2. The van der Waals surface area contributed by atoms with Gasteiger partial charge in [0.25, 0.3) is 0 Å². The van der Waals surface area contributed by atoms with Gasteiger partial charge in [-0.25, -0.2) is 0 Å². The number of amides is 1. The Labute approximate surface area is 147 Å². The van der Waals surface area contributed by atoms with Gasteiger partial charge in [0.15, 0.2) is 0 Å². The average Bonchev–Trinajstić information content (AvgIpc) is 2.51. The van der Waals surface area contributed by atoms with Crippen molar-refractivity contribution in [3.63, 3.8) is 0 Å². The summed E-state index contributed by atoms with van der Waals surface area (Å²) < 4.78 is 0. The van der Waals surface area contributed by atoms with Crippen LogP contribution in [0.1, 0.15) is 33.6 Å². The molecule has 0 aromatic heterocycles. The van der Waals surface area contributed by atoms with Gasteiger partial charge < -0.3 is 15.1 Å². The van der Waals surface area contributed by atoms with Gasteiger partial charge in [0.05, 0.1) is 0 Å². The first-order chi connectivity index (χ1) is 11.5. The smallest absolute Gasteiger partial charge is 0.222 e. The lowest BCUT2D eigenvalue weighted by Crippen LogP contribution is -2.64. The van der Waals surface area contributed by atoms with E-state index in [0.29, 0.717) is 5.41 Å². The molecule has 0 aromatic rings. The van der Waals surface area contributed by atoms with Gasteiger partial charge >= 0.3 is 0 Å². The zero-order valence-electron chi connectivity index (χ0n) is 15.9. The monoisotopic (exact) mass is 336 g/mol. The summed E-state index contributed by atoms with van der Waals surface area (Å²) in [6.07, 6.45) is 2.63. The Morgan fingerprint density at radius 1 is 1.04 bits per heavy atom. The van der Waals surface area contributed by atoms with Gasteiger partial charge in [0.1, 0.15) is 0 Å². The Bertz CT molecular complexity index is 417. The van der Waals surface area contributed by atoms with Gasteiger partial charge in [-0.15, -0.1) is 0 Å². The normalized spacial score (nSPS) is 25.7. The fourth-order valence-electron chi connectivity index (χ4n) is 4.69. The zero-order chi connectivity index (χ0) is 17.2. The van der Waals surface area contributed by atoms with E-state index >= 15 is 0 Å². The highest BCUT2D eigenvalue weighted by molar-refractivity contribution is 5.77. The number of rotatable bonds is 7. The third-order valence-electron chi connectivity index (χ3n) is 6.30. The highest BCUT2D eigenvalue weighted by Crippen LogP contribution is 2.51. The molecule has 0 aromatic carbocycles. The van der Waals surface area contributed by atoms with Gasteiger partial charge in [-0.2, -0.15) is 0 Å². The second-order valence-corrected chi connectivity index (χ2v) is 8.66. The molecule has 1 N–H and O–H groups in total. The Balaban J connectivity index is 1.24. The van der Waals surface area contributed by atoms with Crippen molar-refractivity contribution in [3.05, 3.63) is 0 Å². The van der Waals surface area contributed by atoms with Crippen molar-refractivity contribution >= 4 is 5.91 Å². The lowest BCUT2D eigenvalue weighted by atomic mass is 9.57. The molecule has 0 atom stereocenters. The van der Waals surface area contributed by atoms with Gasteiger partial charge in [-0.05, 0) is 30.7 Å². The number of nitrogens with one attached hydrogen (secondary N) is 1. The third kappa shape index (κ3) is 4.30. The summed E-state index contributed by atoms with van der Waals surface area (Å²) in [5, 5.41) is 3.09. The number of nitrogens with zero attached hydrogens (tertiary/aromatic N) is 3. The summed E-state index contributed by atoms with van der Waals surface area (Å²) in [6.45, 7) is 18.3. The molecule has 24 heavy (non-hydrogen) atoms. The molecular formula is C19H36N4O. The Morgan fingerprint density at radius 3 is 2.21 bits per heavy atom. The van der Waals surface area contributed by atoms with Crippen molar-refractivity contribution in [2.75, 3.05) is 65.4 Å². The van der Waals surface area contributed by atoms with Gasteiger partial charge in [-0.3, -0.25) is 9.69 Å². The van der Waals surface area contributed by atoms with E-state index < -0.39 is 0 Å². The molecule has 1 amide bonds. The minimum atomic E-state index is 0.109. The summed E-state index contributed by atoms with van der Waals surface area (Å²) in [7, 11) is 0. The molecule has 3 aliphatic rings. The van der Waals surface area contributed by atoms with Gasteiger partial charge in [0, 0.05) is 64.8 Å². The van der Waals surface area contributed by atoms with Crippen molar-refractivity contribution in [2.45, 2.75) is 33.6 Å². The van der Waals surface area contributed by atoms with Crippen LogP contribution < -0.4 is 5.32 Å². The van der Waals surface area contributed by atoms with E-state index in [-0.39, 0.29) is 11.8 Å². The molecule has 138 valence electrons. The summed E-state index contributed by atoms with van der Waals surface area (Å²) >= 11 is 0. The third-order valence-corrected chi connectivity index (χ3v) is 6.30. The molecule has 1 aliphatic carbocycles. The number of piperazine rings is 1. The van der Waals surface area contributed by atoms with Crippen LogP contribution in [0, 0.1) is 17.3 Å². The molecule has 2 heterocycles. The quantitative estimate of drug-likeness (QED) is 0.756. The molecule has 5 heteroatoms. The second kappa shape index (κ2) is 7.71. The van der Waals surface area contributed by atoms with Gasteiger partial charge in [-0.1, -0.05) is 20.8 Å². The molecule has 0 radical (unpaired) electrons. The lowest BCUT2D eigenvalue weighted by Gasteiger charge is -2.59. The number of likely N-dealkylation sites (tertiary alicyclic amines) is 1. The van der Waals surface area contributed by atoms with E-state index in [2.05, 4.69) is 26.9 Å². The van der Waals surface area contributed by atoms with E-state index in [0.717, 1.165) is 12.5 Å². The Kier molecular flexibility index (Phi) is 5.83. The first-order valence-corrected chi connectivity index (χ1v) is 9.94. The van der Waals surface area contributed by atoms with E-state index in [1.54, 1.807) is 0 Å². The topological polar surface area (TPSA) is 38.8 Å². The van der Waals surface area contributed by atoms with E-state index in [4.69, 9.17) is 0 Å². The van der Waals surface area contributed by atoms with Crippen molar-refractivity contribution in [1.82, 2.24) is 20.0 Å². The molecular weight excluding hydrogens is 300 g/mol. The Morgan fingerprint density at radius 2 is 1.62 bits per heavy atom. The fraction of sp³-hybridized carbons (Fsp3) is 0.947. The summed E-state index contributed by atoms with van der Waals surface area (Å²) in [6, 6.07) is 0. The van der Waals surface area contributed by atoms with Crippen LogP contribution in [-0.2, 0) is 4.79 Å². The minimum Gasteiger partial charge on any atom is -0.356 e. The molecule has 2 saturated heterocycles. The van der Waals surface area contributed by atoms with Crippen molar-refractivity contribution in [1.29, 1.82) is 0 Å². The molecule has 5 nitrogen and oxygen atoms in total. The summed E-state index contributed by atoms with van der Waals surface area (Å²) in [5.74, 6) is 1.03. The molecule has 0 unspecified atom stereocenters. The molecule has 2 aliphatic heterocycles. The largest absolute Gasteiger partial charge is 0.356 e. The van der Waals surface area contributed by atoms with Crippen molar-refractivity contribution < 1.29 is 4.79 Å². The average molecular weight is 337 g/mol. The predicted molar refractivity (Wildman–Crippen MR) is 98.0 cm³/mol. The maximum absolute atomic E-state index is 11.6. The van der Waals surface area contributed by atoms with E-state index in [9.17, 15) is 4.79 Å². The van der Waals surface area contributed by atoms with E-state index in [1.165, 1.54) is 71.7 Å². The van der Waals surface area contributed by atoms with Crippen LogP contribution in [0.15, 0.2) is 0 Å². The highest BCUT2D eigenvalue weighted by Gasteiger charge is 2.51. The van der Waals surface area contributed by atoms with Crippen LogP contribution in [0.2, 0.25) is 0 Å². The van der Waals surface area contributed by atoms with Crippen molar-refractivity contribution in [2.24, 2.45) is 17.3 Å². The van der Waals surface area contributed by atoms with Crippen LogP contribution in [0.4, 0.5) is 0 Å². The fourth-order valence-corrected chi connectivity index (χ4v) is 4.69. The highest BCUT2D eigenvalue weighted by atomic mass is 16.1. The number of carbonyl (C=O) groups excluding carboxylic acids is 1. The predicted octanol–water partition coefficient (Wildman–Crippen LogP) is 1.11. The Hall–Kier alpha value is -0.650. The SMILES string of the molecule is CCN1CCN(CCN2CC3(CC(CNC(=O)C(C)C)C3)C2)CC1. The number of hydrogen-bond acceptors (Lipinski definition) is 4. The van der Waals surface area contributed by atoms with Crippen LogP contribution in [0.25, 0.3) is 0 Å². The van der Waals surface area contributed by atoms with Crippen molar-refractivity contribution in [3.8, 4) is 0 Å². The first-order valence-electron chi connectivity index (χ1n) is 9.94. The molecule has 3 fully saturated rings. The summed E-state index contributed by atoms with van der Waals surface area (Å²) in [5.41, 5.74) is 0.605. The number of hydrogen-bond donors (Lipinski definition) is 1. The molecule has 3 rings (SSSR count). The standard InChI is InChI=1S/C19H36N4O/c1-4-21-5-7-22(8-6-21)9-10-23-14-19(15-23)11-17(12-19)13-20-18(24)16(2)3/h16-17H,4-15H2,1-3H3,(H,20,24). The van der Waals surface area contributed by atoms with E-state index in [1.807, 2.05) is 13.8 Å². The molecule has 0 bridgehead atoms.